The van der Waals surface area contributed by atoms with Crippen molar-refractivity contribution in [3.63, 3.8) is 0 Å². The molecule has 0 aliphatic carbocycles. The maximum absolute atomic E-state index is 12.1. The lowest BCUT2D eigenvalue weighted by atomic mass is 10.1. The first-order valence-corrected chi connectivity index (χ1v) is 9.04. The maximum Gasteiger partial charge on any atom is 0.233 e. The van der Waals surface area contributed by atoms with Crippen LogP contribution in [0.4, 0.5) is 0 Å². The summed E-state index contributed by atoms with van der Waals surface area (Å²) in [6, 6.07) is 10.1. The van der Waals surface area contributed by atoms with Gasteiger partial charge < -0.3 is 14.6 Å². The van der Waals surface area contributed by atoms with Crippen LogP contribution >= 0.6 is 11.8 Å². The molecule has 0 radical (unpaired) electrons. The first-order valence-electron chi connectivity index (χ1n) is 8.16. The van der Waals surface area contributed by atoms with Crippen LogP contribution in [0.2, 0.25) is 0 Å². The Morgan fingerprint density at radius 3 is 2.84 bits per heavy atom. The highest BCUT2D eigenvalue weighted by Gasteiger charge is 2.19. The molecule has 0 bridgehead atoms. The second-order valence-corrected chi connectivity index (χ2v) is 6.81. The highest BCUT2D eigenvalue weighted by atomic mass is 32.2. The van der Waals surface area contributed by atoms with Gasteiger partial charge in [0.15, 0.2) is 5.16 Å². The highest BCUT2D eigenvalue weighted by Crippen LogP contribution is 2.23. The number of methoxy groups -OCH3 is 1. The smallest absolute Gasteiger partial charge is 0.233 e. The Hall–Kier alpha value is -2.12. The average molecular weight is 360 g/mol. The molecule has 1 N–H and O–H groups in total. The minimum absolute atomic E-state index is 0.0456. The van der Waals surface area contributed by atoms with Gasteiger partial charge in [0.25, 0.3) is 0 Å². The molecule has 1 aromatic carbocycles. The molecule has 0 aliphatic heterocycles. The van der Waals surface area contributed by atoms with Crippen molar-refractivity contribution in [2.45, 2.75) is 30.3 Å². The summed E-state index contributed by atoms with van der Waals surface area (Å²) in [5, 5.41) is 11.9. The van der Waals surface area contributed by atoms with Gasteiger partial charge in [-0.15, -0.1) is 16.8 Å². The molecule has 25 heavy (non-hydrogen) atoms. The zero-order valence-electron chi connectivity index (χ0n) is 14.6. The van der Waals surface area contributed by atoms with E-state index in [0.717, 1.165) is 11.0 Å². The van der Waals surface area contributed by atoms with E-state index >= 15 is 0 Å². The third-order valence-corrected chi connectivity index (χ3v) is 4.67. The SMILES string of the molecule is C=CCNC(=O)[C@H](C)Sc1nnc(Cc2ccccc2)n1CCOC. The molecule has 0 unspecified atom stereocenters. The maximum atomic E-state index is 12.1. The van der Waals surface area contributed by atoms with Gasteiger partial charge in [0.2, 0.25) is 5.91 Å². The van der Waals surface area contributed by atoms with Gasteiger partial charge in [0.05, 0.1) is 11.9 Å². The Morgan fingerprint density at radius 1 is 1.40 bits per heavy atom. The molecular formula is C18H24N4O2S. The van der Waals surface area contributed by atoms with Crippen LogP contribution in [-0.4, -0.2) is 46.2 Å². The fraction of sp³-hybridized carbons (Fsp3) is 0.389. The summed E-state index contributed by atoms with van der Waals surface area (Å²) in [6.07, 6.45) is 2.35. The summed E-state index contributed by atoms with van der Waals surface area (Å²) in [5.74, 6) is 0.820. The van der Waals surface area contributed by atoms with Gasteiger partial charge in [0, 0.05) is 26.6 Å². The number of hydrogen-bond donors (Lipinski definition) is 1. The number of amides is 1. The zero-order valence-corrected chi connectivity index (χ0v) is 15.5. The van der Waals surface area contributed by atoms with E-state index in [1.54, 1.807) is 13.2 Å². The number of carbonyl (C=O) groups excluding carboxylic acids is 1. The van der Waals surface area contributed by atoms with Crippen molar-refractivity contribution in [3.05, 3.63) is 54.4 Å². The Labute approximate surface area is 152 Å². The minimum atomic E-state index is -0.268. The van der Waals surface area contributed by atoms with Gasteiger partial charge >= 0.3 is 0 Å². The van der Waals surface area contributed by atoms with Crippen molar-refractivity contribution in [2.75, 3.05) is 20.3 Å². The van der Waals surface area contributed by atoms with Crippen LogP contribution in [0, 0.1) is 0 Å². The molecule has 134 valence electrons. The van der Waals surface area contributed by atoms with E-state index in [-0.39, 0.29) is 11.2 Å². The molecule has 1 heterocycles. The van der Waals surface area contributed by atoms with E-state index in [1.165, 1.54) is 17.3 Å². The molecule has 0 aliphatic rings. The number of carbonyl (C=O) groups is 1. The molecule has 0 saturated heterocycles. The Bertz CT molecular complexity index is 688. The fourth-order valence-electron chi connectivity index (χ4n) is 2.25. The lowest BCUT2D eigenvalue weighted by Gasteiger charge is -2.13. The topological polar surface area (TPSA) is 69.0 Å². The van der Waals surface area contributed by atoms with Crippen LogP contribution in [0.3, 0.4) is 0 Å². The first kappa shape index (κ1) is 19.2. The molecule has 1 amide bonds. The number of aromatic nitrogens is 3. The van der Waals surface area contributed by atoms with E-state index < -0.39 is 0 Å². The fourth-order valence-corrected chi connectivity index (χ4v) is 3.17. The number of thioether (sulfide) groups is 1. The van der Waals surface area contributed by atoms with Crippen LogP contribution in [0.5, 0.6) is 0 Å². The third-order valence-electron chi connectivity index (χ3n) is 3.59. The molecule has 2 aromatic rings. The molecule has 2 rings (SSSR count). The summed E-state index contributed by atoms with van der Waals surface area (Å²) in [7, 11) is 1.67. The molecule has 6 nitrogen and oxygen atoms in total. The van der Waals surface area contributed by atoms with Crippen LogP contribution < -0.4 is 5.32 Å². The lowest BCUT2D eigenvalue weighted by Crippen LogP contribution is -2.31. The van der Waals surface area contributed by atoms with Crippen molar-refractivity contribution < 1.29 is 9.53 Å². The van der Waals surface area contributed by atoms with Gasteiger partial charge in [0.1, 0.15) is 5.82 Å². The van der Waals surface area contributed by atoms with Gasteiger partial charge in [-0.2, -0.15) is 0 Å². The molecule has 7 heteroatoms. The lowest BCUT2D eigenvalue weighted by molar-refractivity contribution is -0.120. The van der Waals surface area contributed by atoms with Crippen LogP contribution in [-0.2, 0) is 22.5 Å². The van der Waals surface area contributed by atoms with Crippen molar-refractivity contribution in [2.24, 2.45) is 0 Å². The largest absolute Gasteiger partial charge is 0.383 e. The first-order chi connectivity index (χ1) is 12.2. The normalized spacial score (nSPS) is 11.9. The molecule has 0 fully saturated rings. The summed E-state index contributed by atoms with van der Waals surface area (Å²) in [6.45, 7) is 7.13. The number of ether oxygens (including phenoxy) is 1. The quantitative estimate of drug-likeness (QED) is 0.520. The Kier molecular flexibility index (Phi) is 7.69. The van der Waals surface area contributed by atoms with Crippen molar-refractivity contribution in [1.29, 1.82) is 0 Å². The van der Waals surface area contributed by atoms with Crippen LogP contribution in [0.1, 0.15) is 18.3 Å². The van der Waals surface area contributed by atoms with Gasteiger partial charge in [-0.05, 0) is 12.5 Å². The standard InChI is InChI=1S/C18H24N4O2S/c1-4-10-19-17(23)14(2)25-18-21-20-16(22(18)11-12-24-3)13-15-8-6-5-7-9-15/h4-9,14H,1,10-13H2,2-3H3,(H,19,23)/t14-/m0/s1. The van der Waals surface area contributed by atoms with Crippen LogP contribution in [0.15, 0.2) is 48.1 Å². The molecule has 1 atom stereocenters. The van der Waals surface area contributed by atoms with E-state index in [2.05, 4.69) is 34.2 Å². The number of rotatable bonds is 10. The van der Waals surface area contributed by atoms with Crippen molar-refractivity contribution in [1.82, 2.24) is 20.1 Å². The van der Waals surface area contributed by atoms with Crippen molar-refractivity contribution >= 4 is 17.7 Å². The van der Waals surface area contributed by atoms with E-state index in [4.69, 9.17) is 4.74 Å². The monoisotopic (exact) mass is 360 g/mol. The summed E-state index contributed by atoms with van der Waals surface area (Å²) in [5.41, 5.74) is 1.17. The van der Waals surface area contributed by atoms with Gasteiger partial charge in [-0.1, -0.05) is 48.2 Å². The van der Waals surface area contributed by atoms with E-state index in [1.807, 2.05) is 29.7 Å². The number of nitrogens with one attached hydrogen (secondary N) is 1. The van der Waals surface area contributed by atoms with E-state index in [9.17, 15) is 4.79 Å². The minimum Gasteiger partial charge on any atom is -0.383 e. The predicted molar refractivity (Wildman–Crippen MR) is 99.7 cm³/mol. The number of hydrogen-bond acceptors (Lipinski definition) is 5. The highest BCUT2D eigenvalue weighted by molar-refractivity contribution is 8.00. The summed E-state index contributed by atoms with van der Waals surface area (Å²) < 4.78 is 7.23. The van der Waals surface area contributed by atoms with E-state index in [0.29, 0.717) is 26.1 Å². The van der Waals surface area contributed by atoms with Gasteiger partial charge in [-0.25, -0.2) is 0 Å². The van der Waals surface area contributed by atoms with Crippen LogP contribution in [0.25, 0.3) is 0 Å². The third kappa shape index (κ3) is 5.72. The van der Waals surface area contributed by atoms with Gasteiger partial charge in [-0.3, -0.25) is 4.79 Å². The summed E-state index contributed by atoms with van der Waals surface area (Å²) >= 11 is 1.40. The average Bonchev–Trinajstić information content (AvgIpc) is 2.99. The molecule has 0 saturated carbocycles. The second kappa shape index (κ2) is 10.0. The zero-order chi connectivity index (χ0) is 18.1. The predicted octanol–water partition coefficient (Wildman–Crippen LogP) is 2.30. The molecule has 0 spiro atoms. The number of benzene rings is 1. The summed E-state index contributed by atoms with van der Waals surface area (Å²) in [4.78, 5) is 12.1. The Morgan fingerprint density at radius 2 is 2.16 bits per heavy atom. The number of nitrogens with zero attached hydrogens (tertiary/aromatic N) is 3. The van der Waals surface area contributed by atoms with Crippen molar-refractivity contribution in [3.8, 4) is 0 Å². The molecule has 1 aromatic heterocycles. The second-order valence-electron chi connectivity index (χ2n) is 5.50. The Balaban J connectivity index is 2.14. The molecular weight excluding hydrogens is 336 g/mol.